The van der Waals surface area contributed by atoms with Crippen LogP contribution in [-0.4, -0.2) is 96.7 Å². The van der Waals surface area contributed by atoms with Crippen molar-refractivity contribution in [2.24, 2.45) is 0 Å². The smallest absolute Gasteiger partial charge is 0.264 e. The van der Waals surface area contributed by atoms with Gasteiger partial charge in [-0.05, 0) is 167 Å². The van der Waals surface area contributed by atoms with Gasteiger partial charge in [0.1, 0.15) is 23.0 Å². The molecule has 6 aromatic rings. The molecule has 74 heavy (non-hydrogen) atoms. The maximum absolute atomic E-state index is 6.66. The molecule has 0 bridgehead atoms. The summed E-state index contributed by atoms with van der Waals surface area (Å²) in [6.45, 7) is 4.54. The summed E-state index contributed by atoms with van der Waals surface area (Å²) in [4.78, 5) is 7.17. The van der Waals surface area contributed by atoms with E-state index in [1.54, 1.807) is 19.6 Å². The lowest BCUT2D eigenvalue weighted by Crippen LogP contribution is -2.26. The molecule has 0 heterocycles. The molecule has 0 saturated carbocycles. The second kappa shape index (κ2) is 28.7. The number of unbranched alkanes of at least 4 members (excludes halogenated alkanes) is 14. The highest BCUT2D eigenvalue weighted by atomic mass is 32.1. The third kappa shape index (κ3) is 16.4. The maximum atomic E-state index is 6.66. The highest BCUT2D eigenvalue weighted by Gasteiger charge is 2.23. The van der Waals surface area contributed by atoms with Crippen LogP contribution in [0.4, 0.5) is 0 Å². The highest BCUT2D eigenvalue weighted by molar-refractivity contribution is 7.80. The number of benzene rings is 6. The first kappa shape index (κ1) is 58.1. The van der Waals surface area contributed by atoms with Crippen molar-refractivity contribution in [1.82, 2.24) is 19.6 Å². The molecule has 8 nitrogen and oxygen atoms in total. The SMILES string of the molecule is CCCCCCCCCCc1ccc2cc(-c3cc4cc(OC(=S)N(C)C)c(-c5cc6ccc(CCCCCCCCCC)cc6cc5OC(=S)N(C)C)cc4cc3OC(=S)N(C)C)c(OC(=S)N(C)C)cc2c1. The van der Waals surface area contributed by atoms with Crippen molar-refractivity contribution in [2.75, 3.05) is 56.4 Å². The van der Waals surface area contributed by atoms with E-state index in [9.17, 15) is 0 Å². The third-order valence-corrected chi connectivity index (χ3v) is 15.3. The van der Waals surface area contributed by atoms with E-state index < -0.39 is 0 Å². The quantitative estimate of drug-likeness (QED) is 0.0429. The molecule has 0 amide bonds. The summed E-state index contributed by atoms with van der Waals surface area (Å²) >= 11 is 23.3. The summed E-state index contributed by atoms with van der Waals surface area (Å²) in [6.07, 6.45) is 22.7. The van der Waals surface area contributed by atoms with Gasteiger partial charge >= 0.3 is 0 Å². The standard InChI is InChI=1S/C62H80N4O4S4/c1-11-13-15-17-19-21-23-25-27-43-29-31-45-35-51(55(39-47(45)33-43)67-59(71)63(3)4)53-37-49-42-58(70-62(74)66(9)10)54(38-50(49)41-57(53)69-61(73)65(7)8)52-36-46-32-30-44(28-26-24-22-20-18-16-14-12-2)34-48(46)40-56(52)68-60(72)64(5)6/h29-42H,11-28H2,1-10H3. The minimum absolute atomic E-state index is 0.309. The molecule has 0 aliphatic rings. The zero-order valence-corrected chi connectivity index (χ0v) is 49.1. The first-order valence-corrected chi connectivity index (χ1v) is 28.5. The van der Waals surface area contributed by atoms with Gasteiger partial charge in [-0.2, -0.15) is 0 Å². The zero-order chi connectivity index (χ0) is 53.3. The van der Waals surface area contributed by atoms with Crippen LogP contribution in [0.25, 0.3) is 54.6 Å². The summed E-state index contributed by atoms with van der Waals surface area (Å²) < 4.78 is 26.5. The molecule has 0 aliphatic heterocycles. The summed E-state index contributed by atoms with van der Waals surface area (Å²) in [5.41, 5.74) is 5.76. The molecule has 0 unspecified atom stereocenters. The zero-order valence-electron chi connectivity index (χ0n) is 45.9. The van der Waals surface area contributed by atoms with E-state index in [1.807, 2.05) is 68.5 Å². The monoisotopic (exact) mass is 1070 g/mol. The first-order chi connectivity index (χ1) is 35.6. The Morgan fingerprint density at radius 3 is 0.824 bits per heavy atom. The van der Waals surface area contributed by atoms with Gasteiger partial charge in [0.05, 0.1) is 0 Å². The second-order valence-corrected chi connectivity index (χ2v) is 22.0. The van der Waals surface area contributed by atoms with Gasteiger partial charge < -0.3 is 38.5 Å². The third-order valence-electron chi connectivity index (χ3n) is 13.5. The van der Waals surface area contributed by atoms with Crippen LogP contribution in [0.2, 0.25) is 0 Å². The minimum atomic E-state index is 0.309. The summed E-state index contributed by atoms with van der Waals surface area (Å²) in [6, 6.07) is 30.3. The number of fused-ring (bicyclic) bond motifs is 3. The Morgan fingerprint density at radius 2 is 0.554 bits per heavy atom. The van der Waals surface area contributed by atoms with Crippen LogP contribution in [0.15, 0.2) is 84.9 Å². The lowest BCUT2D eigenvalue weighted by Gasteiger charge is -2.23. The normalized spacial score (nSPS) is 11.2. The molecular formula is C62H80N4O4S4. The van der Waals surface area contributed by atoms with Crippen molar-refractivity contribution in [3.05, 3.63) is 96.1 Å². The Labute approximate surface area is 464 Å². The summed E-state index contributed by atoms with van der Waals surface area (Å²) in [5, 5.41) is 7.35. The van der Waals surface area contributed by atoms with E-state index in [1.165, 1.54) is 114 Å². The van der Waals surface area contributed by atoms with Crippen LogP contribution >= 0.6 is 48.9 Å². The van der Waals surface area contributed by atoms with Crippen molar-refractivity contribution in [3.63, 3.8) is 0 Å². The van der Waals surface area contributed by atoms with E-state index in [2.05, 4.69) is 86.6 Å². The van der Waals surface area contributed by atoms with Crippen molar-refractivity contribution >= 4 is 102 Å². The predicted molar refractivity (Wildman–Crippen MR) is 330 cm³/mol. The van der Waals surface area contributed by atoms with Crippen LogP contribution in [0.3, 0.4) is 0 Å². The van der Waals surface area contributed by atoms with Crippen LogP contribution in [0.1, 0.15) is 128 Å². The van der Waals surface area contributed by atoms with Crippen molar-refractivity contribution in [2.45, 2.75) is 129 Å². The fourth-order valence-electron chi connectivity index (χ4n) is 9.12. The molecule has 0 saturated heterocycles. The van der Waals surface area contributed by atoms with Gasteiger partial charge in [-0.3, -0.25) is 0 Å². The minimum Gasteiger partial charge on any atom is -0.431 e. The van der Waals surface area contributed by atoms with E-state index in [0.29, 0.717) is 43.7 Å². The average molecular weight is 1070 g/mol. The van der Waals surface area contributed by atoms with Crippen molar-refractivity contribution in [1.29, 1.82) is 0 Å². The Morgan fingerprint density at radius 1 is 0.311 bits per heavy atom. The van der Waals surface area contributed by atoms with Gasteiger partial charge in [-0.15, -0.1) is 0 Å². The highest BCUT2D eigenvalue weighted by Crippen LogP contribution is 2.46. The maximum Gasteiger partial charge on any atom is 0.264 e. The van der Waals surface area contributed by atoms with E-state index in [-0.39, 0.29) is 0 Å². The Hall–Kier alpha value is -5.14. The van der Waals surface area contributed by atoms with Crippen molar-refractivity contribution in [3.8, 4) is 45.3 Å². The number of rotatable bonds is 24. The molecule has 0 aliphatic carbocycles. The largest absolute Gasteiger partial charge is 0.431 e. The summed E-state index contributed by atoms with van der Waals surface area (Å²) in [5.74, 6) is 2.33. The number of thiocarbonyl (C=S) groups is 4. The number of hydrogen-bond donors (Lipinski definition) is 0. The Bertz CT molecular complexity index is 2700. The van der Waals surface area contributed by atoms with Crippen LogP contribution < -0.4 is 18.9 Å². The second-order valence-electron chi connectivity index (χ2n) is 20.6. The van der Waals surface area contributed by atoms with Gasteiger partial charge in [0, 0.05) is 78.6 Å². The molecule has 0 aromatic heterocycles. The topological polar surface area (TPSA) is 49.9 Å². The number of ether oxygens (including phenoxy) is 4. The Balaban J connectivity index is 1.47. The number of hydrogen-bond acceptors (Lipinski definition) is 8. The van der Waals surface area contributed by atoms with Gasteiger partial charge in [0.15, 0.2) is 0 Å². The molecule has 6 rings (SSSR count). The molecule has 0 N–H and O–H groups in total. The van der Waals surface area contributed by atoms with Crippen LogP contribution in [0, 0.1) is 0 Å². The van der Waals surface area contributed by atoms with Gasteiger partial charge in [-0.1, -0.05) is 140 Å². The first-order valence-electron chi connectivity index (χ1n) is 26.9. The molecule has 0 fully saturated rings. The lowest BCUT2D eigenvalue weighted by molar-refractivity contribution is 0.446. The van der Waals surface area contributed by atoms with Gasteiger partial charge in [-0.25, -0.2) is 0 Å². The molecule has 0 radical (unpaired) electrons. The summed E-state index contributed by atoms with van der Waals surface area (Å²) in [7, 11) is 15.1. The fraction of sp³-hybridized carbons (Fsp3) is 0.452. The lowest BCUT2D eigenvalue weighted by atomic mass is 9.92. The molecule has 396 valence electrons. The molecule has 6 aromatic carbocycles. The Kier molecular flexibility index (Phi) is 22.5. The predicted octanol–water partition coefficient (Wildman–Crippen LogP) is 16.7. The average Bonchev–Trinajstić information content (AvgIpc) is 3.37. The number of nitrogens with zero attached hydrogens (tertiary/aromatic N) is 4. The van der Waals surface area contributed by atoms with Crippen molar-refractivity contribution < 1.29 is 18.9 Å². The molecular weight excluding hydrogens is 993 g/mol. The van der Waals surface area contributed by atoms with Gasteiger partial charge in [0.2, 0.25) is 0 Å². The van der Waals surface area contributed by atoms with Crippen LogP contribution in [-0.2, 0) is 12.8 Å². The molecule has 0 spiro atoms. The fourth-order valence-corrected chi connectivity index (χ4v) is 9.48. The molecule has 12 heteroatoms. The van der Waals surface area contributed by atoms with E-state index >= 15 is 0 Å². The van der Waals surface area contributed by atoms with Crippen LogP contribution in [0.5, 0.6) is 23.0 Å². The number of aryl methyl sites for hydroxylation is 2. The van der Waals surface area contributed by atoms with E-state index in [0.717, 1.165) is 67.4 Å². The molecule has 0 atom stereocenters. The van der Waals surface area contributed by atoms with Gasteiger partial charge in [0.25, 0.3) is 20.7 Å². The van der Waals surface area contributed by atoms with E-state index in [4.69, 9.17) is 67.8 Å².